The second-order valence-corrected chi connectivity index (χ2v) is 9.06. The Hall–Kier alpha value is -3.32. The highest BCUT2D eigenvalue weighted by Gasteiger charge is 2.40. The highest BCUT2D eigenvalue weighted by Crippen LogP contribution is 2.35. The van der Waals surface area contributed by atoms with Gasteiger partial charge < -0.3 is 5.32 Å². The van der Waals surface area contributed by atoms with Crippen molar-refractivity contribution in [1.29, 1.82) is 0 Å². The minimum Gasteiger partial charge on any atom is -0.324 e. The van der Waals surface area contributed by atoms with E-state index in [-0.39, 0.29) is 17.9 Å². The van der Waals surface area contributed by atoms with Crippen molar-refractivity contribution in [3.05, 3.63) is 101 Å². The third-order valence-electron chi connectivity index (χ3n) is 5.72. The van der Waals surface area contributed by atoms with Crippen LogP contribution in [0.4, 0.5) is 18.9 Å². The first-order valence-electron chi connectivity index (χ1n) is 10.7. The van der Waals surface area contributed by atoms with E-state index >= 15 is 0 Å². The zero-order valence-corrected chi connectivity index (χ0v) is 19.2. The second kappa shape index (κ2) is 9.50. The maximum absolute atomic E-state index is 12.8. The Morgan fingerprint density at radius 3 is 2.29 bits per heavy atom. The number of hydrogen-bond donors (Lipinski definition) is 1. The number of carbonyl (C=O) groups excluding carboxylic acids is 1. The molecule has 4 nitrogen and oxygen atoms in total. The number of rotatable bonds is 6. The van der Waals surface area contributed by atoms with E-state index in [1.165, 1.54) is 12.1 Å². The molecule has 0 fully saturated rings. The van der Waals surface area contributed by atoms with Gasteiger partial charge in [-0.3, -0.25) is 9.80 Å². The Balaban J connectivity index is 1.51. The van der Waals surface area contributed by atoms with E-state index in [2.05, 4.69) is 24.4 Å². The number of nitrogens with zero attached hydrogens (tertiary/aromatic N) is 2. The van der Waals surface area contributed by atoms with Crippen molar-refractivity contribution >= 4 is 28.9 Å². The van der Waals surface area contributed by atoms with E-state index in [0.717, 1.165) is 35.4 Å². The molecule has 1 heterocycles. The molecule has 1 amide bonds. The largest absolute Gasteiger partial charge is 0.416 e. The fourth-order valence-electron chi connectivity index (χ4n) is 4.18. The third kappa shape index (κ3) is 5.59. The third-order valence-corrected chi connectivity index (χ3v) is 5.97. The van der Waals surface area contributed by atoms with Gasteiger partial charge in [-0.15, -0.1) is 0 Å². The van der Waals surface area contributed by atoms with Crippen molar-refractivity contribution in [2.24, 2.45) is 10.5 Å². The van der Waals surface area contributed by atoms with Crippen molar-refractivity contribution in [2.45, 2.75) is 19.5 Å². The van der Waals surface area contributed by atoms with Crippen LogP contribution in [-0.4, -0.2) is 29.7 Å². The van der Waals surface area contributed by atoms with Crippen LogP contribution in [0.15, 0.2) is 84.0 Å². The molecule has 0 bridgehead atoms. The summed E-state index contributed by atoms with van der Waals surface area (Å²) in [6, 6.07) is 21.9. The van der Waals surface area contributed by atoms with Crippen LogP contribution in [0.25, 0.3) is 0 Å². The van der Waals surface area contributed by atoms with E-state index < -0.39 is 11.7 Å². The van der Waals surface area contributed by atoms with Gasteiger partial charge in [0, 0.05) is 22.7 Å². The Morgan fingerprint density at radius 2 is 1.68 bits per heavy atom. The zero-order valence-electron chi connectivity index (χ0n) is 18.4. The van der Waals surface area contributed by atoms with Crippen LogP contribution in [0.5, 0.6) is 0 Å². The maximum atomic E-state index is 12.8. The maximum Gasteiger partial charge on any atom is 0.416 e. The smallest absolute Gasteiger partial charge is 0.324 e. The van der Waals surface area contributed by atoms with Gasteiger partial charge in [-0.05, 0) is 53.9 Å². The molecule has 34 heavy (non-hydrogen) atoms. The first-order chi connectivity index (χ1) is 16.1. The average molecular weight is 486 g/mol. The lowest BCUT2D eigenvalue weighted by Crippen LogP contribution is -2.36. The first-order valence-corrected chi connectivity index (χ1v) is 11.1. The van der Waals surface area contributed by atoms with Crippen molar-refractivity contribution in [3.8, 4) is 0 Å². The number of benzene rings is 3. The number of hydrazone groups is 1. The van der Waals surface area contributed by atoms with Crippen LogP contribution in [0.1, 0.15) is 23.6 Å². The van der Waals surface area contributed by atoms with Crippen LogP contribution in [0.2, 0.25) is 5.02 Å². The van der Waals surface area contributed by atoms with E-state index in [9.17, 15) is 18.0 Å². The molecule has 3 aromatic carbocycles. The molecule has 4 rings (SSSR count). The standard InChI is InChI=1S/C26H23ClF3N3O/c1-25(15-18-5-3-2-4-6-18)17-33(32-24(25)19-7-11-21(27)12-8-19)16-23(34)31-22-13-9-20(10-14-22)26(28,29)30/h2-14H,15-17H2,1H3,(H,31,34). The summed E-state index contributed by atoms with van der Waals surface area (Å²) in [6.07, 6.45) is -3.69. The van der Waals surface area contributed by atoms with Gasteiger partial charge in [-0.2, -0.15) is 18.3 Å². The number of alkyl halides is 3. The number of amides is 1. The van der Waals surface area contributed by atoms with Crippen molar-refractivity contribution in [2.75, 3.05) is 18.4 Å². The minimum absolute atomic E-state index is 0.0253. The molecular weight excluding hydrogens is 463 g/mol. The van der Waals surface area contributed by atoms with Crippen LogP contribution in [-0.2, 0) is 17.4 Å². The normalized spacial score (nSPS) is 18.0. The van der Waals surface area contributed by atoms with Crippen molar-refractivity contribution < 1.29 is 18.0 Å². The molecule has 0 saturated heterocycles. The minimum atomic E-state index is -4.42. The molecule has 0 spiro atoms. The fraction of sp³-hybridized carbons (Fsp3) is 0.231. The SMILES string of the molecule is CC1(Cc2ccccc2)CN(CC(=O)Nc2ccc(C(F)(F)F)cc2)N=C1c1ccc(Cl)cc1. The second-order valence-electron chi connectivity index (χ2n) is 8.62. The number of carbonyl (C=O) groups is 1. The van der Waals surface area contributed by atoms with E-state index in [1.54, 1.807) is 5.01 Å². The summed E-state index contributed by atoms with van der Waals surface area (Å²) in [4.78, 5) is 12.6. The van der Waals surface area contributed by atoms with E-state index in [1.807, 2.05) is 42.5 Å². The zero-order chi connectivity index (χ0) is 24.3. The Bertz CT molecular complexity index is 1180. The molecule has 0 saturated carbocycles. The quantitative estimate of drug-likeness (QED) is 0.447. The van der Waals surface area contributed by atoms with Gasteiger partial charge >= 0.3 is 6.18 Å². The molecule has 0 radical (unpaired) electrons. The van der Waals surface area contributed by atoms with Gasteiger partial charge in [0.25, 0.3) is 0 Å². The summed E-state index contributed by atoms with van der Waals surface area (Å²) in [6.45, 7) is 2.60. The number of halogens is 4. The molecule has 1 N–H and O–H groups in total. The summed E-state index contributed by atoms with van der Waals surface area (Å²) < 4.78 is 38.3. The van der Waals surface area contributed by atoms with Gasteiger partial charge in [0.1, 0.15) is 6.54 Å². The van der Waals surface area contributed by atoms with Crippen molar-refractivity contribution in [1.82, 2.24) is 5.01 Å². The Kier molecular flexibility index (Phi) is 6.66. The fourth-order valence-corrected chi connectivity index (χ4v) is 4.30. The molecule has 0 aromatic heterocycles. The van der Waals surface area contributed by atoms with Gasteiger partial charge in [-0.1, -0.05) is 61.0 Å². The van der Waals surface area contributed by atoms with Gasteiger partial charge in [0.05, 0.1) is 11.3 Å². The molecule has 0 aliphatic carbocycles. The number of anilines is 1. The van der Waals surface area contributed by atoms with Crippen LogP contribution < -0.4 is 5.32 Å². The van der Waals surface area contributed by atoms with Crippen LogP contribution in [0, 0.1) is 5.41 Å². The number of nitrogens with one attached hydrogen (secondary N) is 1. The average Bonchev–Trinajstić information content (AvgIpc) is 3.10. The molecular formula is C26H23ClF3N3O. The van der Waals surface area contributed by atoms with Gasteiger partial charge in [-0.25, -0.2) is 0 Å². The lowest BCUT2D eigenvalue weighted by Gasteiger charge is -2.27. The van der Waals surface area contributed by atoms with Crippen LogP contribution >= 0.6 is 11.6 Å². The topological polar surface area (TPSA) is 44.7 Å². The lowest BCUT2D eigenvalue weighted by molar-refractivity contribution is -0.137. The molecule has 1 unspecified atom stereocenters. The van der Waals surface area contributed by atoms with E-state index in [4.69, 9.17) is 16.7 Å². The summed E-state index contributed by atoms with van der Waals surface area (Å²) >= 11 is 6.06. The van der Waals surface area contributed by atoms with Gasteiger partial charge in [0.15, 0.2) is 0 Å². The Morgan fingerprint density at radius 1 is 1.03 bits per heavy atom. The summed E-state index contributed by atoms with van der Waals surface area (Å²) in [5.41, 5.74) is 2.11. The molecule has 176 valence electrons. The summed E-state index contributed by atoms with van der Waals surface area (Å²) in [5, 5.41) is 9.74. The molecule has 1 aliphatic heterocycles. The van der Waals surface area contributed by atoms with Crippen LogP contribution in [0.3, 0.4) is 0 Å². The first kappa shape index (κ1) is 23.8. The highest BCUT2D eigenvalue weighted by atomic mass is 35.5. The van der Waals surface area contributed by atoms with E-state index in [0.29, 0.717) is 17.3 Å². The predicted octanol–water partition coefficient (Wildman–Crippen LogP) is 6.27. The molecule has 1 aliphatic rings. The summed E-state index contributed by atoms with van der Waals surface area (Å²) in [7, 11) is 0. The molecule has 8 heteroatoms. The highest BCUT2D eigenvalue weighted by molar-refractivity contribution is 6.30. The summed E-state index contributed by atoms with van der Waals surface area (Å²) in [5.74, 6) is -0.358. The monoisotopic (exact) mass is 485 g/mol. The van der Waals surface area contributed by atoms with Crippen molar-refractivity contribution in [3.63, 3.8) is 0 Å². The lowest BCUT2D eigenvalue weighted by atomic mass is 9.77. The predicted molar refractivity (Wildman–Crippen MR) is 128 cm³/mol. The Labute approximate surface area is 201 Å². The van der Waals surface area contributed by atoms with Gasteiger partial charge in [0.2, 0.25) is 5.91 Å². The number of hydrogen-bond acceptors (Lipinski definition) is 3. The molecule has 3 aromatic rings. The molecule has 1 atom stereocenters.